The number of benzene rings is 2. The van der Waals surface area contributed by atoms with Crippen LogP contribution in [0.1, 0.15) is 16.1 Å². The normalized spacial score (nSPS) is 10.7. The molecule has 2 aromatic heterocycles. The number of carbonyl (C=O) groups is 2. The fourth-order valence-electron chi connectivity index (χ4n) is 2.96. The van der Waals surface area contributed by atoms with Crippen LogP contribution in [0.4, 0.5) is 5.13 Å². The fourth-order valence-corrected chi connectivity index (χ4v) is 3.50. The summed E-state index contributed by atoms with van der Waals surface area (Å²) in [4.78, 5) is 41.7. The molecule has 2 amide bonds. The minimum absolute atomic E-state index is 0.0863. The van der Waals surface area contributed by atoms with Gasteiger partial charge in [0.15, 0.2) is 10.8 Å². The molecular formula is C21H17N5O3S. The Morgan fingerprint density at radius 3 is 2.47 bits per heavy atom. The fraction of sp³-hybridized carbons (Fsp3) is 0.0952. The number of nitrogens with one attached hydrogen (secondary N) is 2. The van der Waals surface area contributed by atoms with E-state index in [4.69, 9.17) is 0 Å². The van der Waals surface area contributed by atoms with Gasteiger partial charge in [-0.25, -0.2) is 9.67 Å². The average molecular weight is 419 g/mol. The van der Waals surface area contributed by atoms with E-state index in [0.29, 0.717) is 15.9 Å². The maximum Gasteiger partial charge on any atom is 0.274 e. The molecule has 0 aliphatic heterocycles. The van der Waals surface area contributed by atoms with E-state index in [2.05, 4.69) is 20.7 Å². The first-order valence-corrected chi connectivity index (χ1v) is 10.0. The van der Waals surface area contributed by atoms with Crippen LogP contribution in [0.2, 0.25) is 0 Å². The Kier molecular flexibility index (Phi) is 5.62. The summed E-state index contributed by atoms with van der Waals surface area (Å²) < 4.78 is 1.27. The topological polar surface area (TPSA) is 106 Å². The van der Waals surface area contributed by atoms with Crippen molar-refractivity contribution in [2.24, 2.45) is 0 Å². The maximum absolute atomic E-state index is 12.9. The van der Waals surface area contributed by atoms with Crippen molar-refractivity contribution in [3.63, 3.8) is 0 Å². The molecule has 0 aliphatic carbocycles. The number of anilines is 1. The zero-order chi connectivity index (χ0) is 20.9. The van der Waals surface area contributed by atoms with Gasteiger partial charge in [-0.3, -0.25) is 14.4 Å². The van der Waals surface area contributed by atoms with Crippen molar-refractivity contribution in [3.05, 3.63) is 87.8 Å². The number of aromatic nitrogens is 3. The molecule has 0 radical (unpaired) electrons. The van der Waals surface area contributed by atoms with Crippen LogP contribution in [0.3, 0.4) is 0 Å². The third kappa shape index (κ3) is 4.26. The highest BCUT2D eigenvalue weighted by Gasteiger charge is 2.17. The number of carbonyl (C=O) groups excluding carboxylic acids is 2. The summed E-state index contributed by atoms with van der Waals surface area (Å²) >= 11 is 1.28. The van der Waals surface area contributed by atoms with Gasteiger partial charge in [0.2, 0.25) is 5.91 Å². The summed E-state index contributed by atoms with van der Waals surface area (Å²) in [7, 11) is 0. The van der Waals surface area contributed by atoms with Gasteiger partial charge in [0.25, 0.3) is 11.5 Å². The lowest BCUT2D eigenvalue weighted by Crippen LogP contribution is -2.35. The smallest absolute Gasteiger partial charge is 0.274 e. The summed E-state index contributed by atoms with van der Waals surface area (Å²) in [6.07, 6.45) is 1.57. The van der Waals surface area contributed by atoms with Crippen molar-refractivity contribution in [1.29, 1.82) is 0 Å². The second-order valence-electron chi connectivity index (χ2n) is 6.41. The van der Waals surface area contributed by atoms with Gasteiger partial charge in [0.1, 0.15) is 0 Å². The van der Waals surface area contributed by atoms with Crippen molar-refractivity contribution >= 4 is 39.1 Å². The Morgan fingerprint density at radius 2 is 1.73 bits per heavy atom. The Bertz CT molecular complexity index is 1250. The van der Waals surface area contributed by atoms with Crippen molar-refractivity contribution in [3.8, 4) is 0 Å². The molecule has 0 spiro atoms. The molecule has 4 aromatic rings. The summed E-state index contributed by atoms with van der Waals surface area (Å²) in [5, 5.41) is 12.5. The molecule has 2 aromatic carbocycles. The first-order valence-electron chi connectivity index (χ1n) is 9.13. The predicted octanol–water partition coefficient (Wildman–Crippen LogP) is 2.27. The highest BCUT2D eigenvalue weighted by atomic mass is 32.1. The van der Waals surface area contributed by atoms with Crippen molar-refractivity contribution < 1.29 is 9.59 Å². The van der Waals surface area contributed by atoms with Crippen molar-refractivity contribution in [1.82, 2.24) is 20.1 Å². The highest BCUT2D eigenvalue weighted by Crippen LogP contribution is 2.14. The molecule has 0 fully saturated rings. The standard InChI is InChI=1S/C21H17N5O3S/c27-17(24-21-22-10-11-30-21)12-23-19(28)18-15-8-4-5-9-16(15)20(29)26(25-18)13-14-6-2-1-3-7-14/h1-11H,12-13H2,(H,23,28)(H,22,24,27). The van der Waals surface area contributed by atoms with E-state index in [0.717, 1.165) is 5.56 Å². The summed E-state index contributed by atoms with van der Waals surface area (Å²) in [6, 6.07) is 16.2. The van der Waals surface area contributed by atoms with E-state index >= 15 is 0 Å². The minimum Gasteiger partial charge on any atom is -0.342 e. The lowest BCUT2D eigenvalue weighted by molar-refractivity contribution is -0.115. The zero-order valence-corrected chi connectivity index (χ0v) is 16.6. The van der Waals surface area contributed by atoms with Crippen LogP contribution in [-0.2, 0) is 11.3 Å². The number of amides is 2. The van der Waals surface area contributed by atoms with Crippen LogP contribution in [0.15, 0.2) is 71.0 Å². The molecule has 30 heavy (non-hydrogen) atoms. The number of nitrogens with zero attached hydrogens (tertiary/aromatic N) is 3. The minimum atomic E-state index is -0.540. The largest absolute Gasteiger partial charge is 0.342 e. The van der Waals surface area contributed by atoms with Crippen LogP contribution in [-0.4, -0.2) is 33.1 Å². The number of hydrogen-bond acceptors (Lipinski definition) is 6. The van der Waals surface area contributed by atoms with Gasteiger partial charge in [0, 0.05) is 17.0 Å². The first kappa shape index (κ1) is 19.5. The zero-order valence-electron chi connectivity index (χ0n) is 15.7. The molecule has 0 saturated carbocycles. The Morgan fingerprint density at radius 1 is 1.00 bits per heavy atom. The Hall–Kier alpha value is -3.85. The average Bonchev–Trinajstić information content (AvgIpc) is 3.28. The monoisotopic (exact) mass is 419 g/mol. The SMILES string of the molecule is O=C(CNC(=O)c1nn(Cc2ccccc2)c(=O)c2ccccc12)Nc1nccs1. The molecule has 2 N–H and O–H groups in total. The van der Waals surface area contributed by atoms with Gasteiger partial charge in [0.05, 0.1) is 18.5 Å². The van der Waals surface area contributed by atoms with E-state index in [1.54, 1.807) is 35.8 Å². The number of fused-ring (bicyclic) bond motifs is 1. The van der Waals surface area contributed by atoms with E-state index in [1.807, 2.05) is 30.3 Å². The number of thiazole rings is 1. The van der Waals surface area contributed by atoms with Crippen LogP contribution < -0.4 is 16.2 Å². The van der Waals surface area contributed by atoms with Crippen molar-refractivity contribution in [2.45, 2.75) is 6.54 Å². The predicted molar refractivity (Wildman–Crippen MR) is 115 cm³/mol. The molecule has 0 atom stereocenters. The number of rotatable bonds is 6. The quantitative estimate of drug-likeness (QED) is 0.499. The second-order valence-corrected chi connectivity index (χ2v) is 7.31. The van der Waals surface area contributed by atoms with Gasteiger partial charge >= 0.3 is 0 Å². The molecule has 0 aliphatic rings. The van der Waals surface area contributed by atoms with E-state index in [-0.39, 0.29) is 24.3 Å². The molecule has 8 nitrogen and oxygen atoms in total. The molecular weight excluding hydrogens is 402 g/mol. The second kappa shape index (κ2) is 8.66. The molecule has 0 bridgehead atoms. The first-order chi connectivity index (χ1) is 14.6. The van der Waals surface area contributed by atoms with E-state index in [9.17, 15) is 14.4 Å². The van der Waals surface area contributed by atoms with E-state index in [1.165, 1.54) is 16.0 Å². The Labute approximate surface area is 175 Å². The maximum atomic E-state index is 12.9. The van der Waals surface area contributed by atoms with Gasteiger partial charge in [-0.15, -0.1) is 11.3 Å². The third-order valence-corrected chi connectivity index (χ3v) is 5.03. The summed E-state index contributed by atoms with van der Waals surface area (Å²) in [6.45, 7) is -0.0123. The van der Waals surface area contributed by atoms with Gasteiger partial charge in [-0.2, -0.15) is 5.10 Å². The molecule has 9 heteroatoms. The summed E-state index contributed by atoms with van der Waals surface area (Å²) in [5.74, 6) is -0.942. The molecule has 0 unspecified atom stereocenters. The van der Waals surface area contributed by atoms with E-state index < -0.39 is 11.8 Å². The lowest BCUT2D eigenvalue weighted by Gasteiger charge is -2.11. The van der Waals surface area contributed by atoms with Crippen LogP contribution in [0.25, 0.3) is 10.8 Å². The van der Waals surface area contributed by atoms with Gasteiger partial charge in [-0.05, 0) is 11.6 Å². The van der Waals surface area contributed by atoms with Gasteiger partial charge < -0.3 is 10.6 Å². The lowest BCUT2D eigenvalue weighted by atomic mass is 10.1. The number of hydrogen-bond donors (Lipinski definition) is 2. The molecule has 2 heterocycles. The van der Waals surface area contributed by atoms with Crippen LogP contribution >= 0.6 is 11.3 Å². The third-order valence-electron chi connectivity index (χ3n) is 4.35. The molecule has 150 valence electrons. The highest BCUT2D eigenvalue weighted by molar-refractivity contribution is 7.13. The molecule has 4 rings (SSSR count). The summed E-state index contributed by atoms with van der Waals surface area (Å²) in [5.41, 5.74) is 0.687. The van der Waals surface area contributed by atoms with Crippen LogP contribution in [0, 0.1) is 0 Å². The van der Waals surface area contributed by atoms with Crippen molar-refractivity contribution in [2.75, 3.05) is 11.9 Å². The van der Waals surface area contributed by atoms with Crippen LogP contribution in [0.5, 0.6) is 0 Å². The van der Waals surface area contributed by atoms with Gasteiger partial charge in [-0.1, -0.05) is 48.5 Å². The molecule has 0 saturated heterocycles. The Balaban J connectivity index is 1.60.